The van der Waals surface area contributed by atoms with Gasteiger partial charge in [0.15, 0.2) is 0 Å². The van der Waals surface area contributed by atoms with Crippen LogP contribution in [0.2, 0.25) is 0 Å². The second kappa shape index (κ2) is 8.36. The van der Waals surface area contributed by atoms with Gasteiger partial charge in [-0.1, -0.05) is 12.1 Å². The predicted molar refractivity (Wildman–Crippen MR) is 82.0 cm³/mol. The zero-order valence-corrected chi connectivity index (χ0v) is 13.0. The number of benzene rings is 1. The number of halogens is 1. The third kappa shape index (κ3) is 4.69. The minimum atomic E-state index is -0.152. The molecule has 1 aliphatic rings. The fourth-order valence-corrected chi connectivity index (χ4v) is 3.48. The van der Waals surface area contributed by atoms with Crippen molar-refractivity contribution in [2.24, 2.45) is 0 Å². The average molecular weight is 312 g/mol. The van der Waals surface area contributed by atoms with E-state index in [-0.39, 0.29) is 17.8 Å². The largest absolute Gasteiger partial charge is 0.383 e. The van der Waals surface area contributed by atoms with Gasteiger partial charge in [-0.15, -0.1) is 11.8 Å². The normalized spacial score (nSPS) is 17.3. The first-order chi connectivity index (χ1) is 10.2. The number of nitrogens with one attached hydrogen (secondary N) is 2. The van der Waals surface area contributed by atoms with E-state index in [4.69, 9.17) is 4.74 Å². The molecule has 2 rings (SSSR count). The summed E-state index contributed by atoms with van der Waals surface area (Å²) in [5.41, 5.74) is 1.01. The van der Waals surface area contributed by atoms with E-state index in [9.17, 15) is 9.18 Å². The van der Waals surface area contributed by atoms with E-state index in [1.807, 2.05) is 6.07 Å². The van der Waals surface area contributed by atoms with Crippen LogP contribution in [0.3, 0.4) is 0 Å². The molecule has 1 aliphatic heterocycles. The van der Waals surface area contributed by atoms with Gasteiger partial charge in [0.2, 0.25) is 5.91 Å². The number of fused-ring (bicyclic) bond motifs is 1. The SMILES string of the molecule is COCCNC(=O)CCNC1CCSc2c(F)cccc21. The van der Waals surface area contributed by atoms with Crippen LogP contribution in [0.15, 0.2) is 23.1 Å². The molecule has 21 heavy (non-hydrogen) atoms. The van der Waals surface area contributed by atoms with Crippen molar-refractivity contribution in [2.45, 2.75) is 23.8 Å². The van der Waals surface area contributed by atoms with Gasteiger partial charge in [-0.05, 0) is 23.8 Å². The molecule has 0 aromatic heterocycles. The molecule has 0 radical (unpaired) electrons. The molecule has 0 saturated carbocycles. The summed E-state index contributed by atoms with van der Waals surface area (Å²) in [5.74, 6) is 0.747. The van der Waals surface area contributed by atoms with Crippen molar-refractivity contribution in [3.63, 3.8) is 0 Å². The molecular formula is C15H21FN2O2S. The Bertz CT molecular complexity index is 485. The van der Waals surface area contributed by atoms with Crippen LogP contribution in [0.25, 0.3) is 0 Å². The first kappa shape index (κ1) is 16.3. The molecule has 1 aromatic carbocycles. The molecule has 1 heterocycles. The minimum absolute atomic E-state index is 0.00389. The Balaban J connectivity index is 1.80. The van der Waals surface area contributed by atoms with Crippen molar-refractivity contribution in [3.8, 4) is 0 Å². The van der Waals surface area contributed by atoms with Crippen molar-refractivity contribution in [2.75, 3.05) is 32.6 Å². The second-order valence-corrected chi connectivity index (χ2v) is 6.00. The molecule has 1 atom stereocenters. The summed E-state index contributed by atoms with van der Waals surface area (Å²) in [5, 5.41) is 6.14. The van der Waals surface area contributed by atoms with Crippen LogP contribution < -0.4 is 10.6 Å². The second-order valence-electron chi connectivity index (χ2n) is 4.89. The Labute approximate surface area is 128 Å². The van der Waals surface area contributed by atoms with Crippen LogP contribution >= 0.6 is 11.8 Å². The van der Waals surface area contributed by atoms with Gasteiger partial charge in [0, 0.05) is 37.6 Å². The maximum Gasteiger partial charge on any atom is 0.221 e. The summed E-state index contributed by atoms with van der Waals surface area (Å²) >= 11 is 1.56. The number of amides is 1. The lowest BCUT2D eigenvalue weighted by Gasteiger charge is -2.26. The van der Waals surface area contributed by atoms with Gasteiger partial charge in [-0.2, -0.15) is 0 Å². The van der Waals surface area contributed by atoms with Crippen LogP contribution in [-0.4, -0.2) is 38.5 Å². The highest BCUT2D eigenvalue weighted by Gasteiger charge is 2.22. The van der Waals surface area contributed by atoms with Crippen molar-refractivity contribution < 1.29 is 13.9 Å². The van der Waals surface area contributed by atoms with E-state index in [0.29, 0.717) is 26.1 Å². The van der Waals surface area contributed by atoms with Crippen LogP contribution in [0.1, 0.15) is 24.4 Å². The first-order valence-electron chi connectivity index (χ1n) is 7.12. The molecule has 1 amide bonds. The van der Waals surface area contributed by atoms with E-state index < -0.39 is 0 Å². The van der Waals surface area contributed by atoms with Gasteiger partial charge in [-0.3, -0.25) is 4.79 Å². The summed E-state index contributed by atoms with van der Waals surface area (Å²) in [7, 11) is 1.60. The topological polar surface area (TPSA) is 50.4 Å². The Morgan fingerprint density at radius 2 is 2.33 bits per heavy atom. The van der Waals surface area contributed by atoms with Gasteiger partial charge in [0.25, 0.3) is 0 Å². The molecule has 0 saturated heterocycles. The number of rotatable bonds is 7. The minimum Gasteiger partial charge on any atom is -0.383 e. The third-order valence-corrected chi connectivity index (χ3v) is 4.56. The van der Waals surface area contributed by atoms with Gasteiger partial charge in [0.05, 0.1) is 6.61 Å². The van der Waals surface area contributed by atoms with Crippen molar-refractivity contribution >= 4 is 17.7 Å². The highest BCUT2D eigenvalue weighted by molar-refractivity contribution is 7.99. The summed E-state index contributed by atoms with van der Waals surface area (Å²) in [6.45, 7) is 1.64. The summed E-state index contributed by atoms with van der Waals surface area (Å²) < 4.78 is 18.6. The van der Waals surface area contributed by atoms with Crippen LogP contribution in [-0.2, 0) is 9.53 Å². The van der Waals surface area contributed by atoms with E-state index in [2.05, 4.69) is 10.6 Å². The molecule has 116 valence electrons. The van der Waals surface area contributed by atoms with Gasteiger partial charge < -0.3 is 15.4 Å². The molecule has 6 heteroatoms. The number of ether oxygens (including phenoxy) is 1. The highest BCUT2D eigenvalue weighted by Crippen LogP contribution is 2.37. The number of thioether (sulfide) groups is 1. The summed E-state index contributed by atoms with van der Waals surface area (Å²) in [6, 6.07) is 5.33. The van der Waals surface area contributed by atoms with Crippen LogP contribution in [0.4, 0.5) is 4.39 Å². The van der Waals surface area contributed by atoms with E-state index >= 15 is 0 Å². The van der Waals surface area contributed by atoms with E-state index in [1.165, 1.54) is 6.07 Å². The van der Waals surface area contributed by atoms with Gasteiger partial charge in [-0.25, -0.2) is 4.39 Å². The van der Waals surface area contributed by atoms with E-state index in [1.54, 1.807) is 24.9 Å². The molecule has 0 aliphatic carbocycles. The monoisotopic (exact) mass is 312 g/mol. The van der Waals surface area contributed by atoms with Gasteiger partial charge in [0.1, 0.15) is 5.82 Å². The molecule has 0 spiro atoms. The Hall–Kier alpha value is -1.11. The van der Waals surface area contributed by atoms with Crippen LogP contribution in [0.5, 0.6) is 0 Å². The third-order valence-electron chi connectivity index (χ3n) is 3.40. The number of methoxy groups -OCH3 is 1. The maximum atomic E-state index is 13.7. The Kier molecular flexibility index (Phi) is 6.48. The Morgan fingerprint density at radius 1 is 1.48 bits per heavy atom. The predicted octanol–water partition coefficient (Wildman–Crippen LogP) is 2.10. The highest BCUT2D eigenvalue weighted by atomic mass is 32.2. The Morgan fingerprint density at radius 3 is 3.14 bits per heavy atom. The smallest absolute Gasteiger partial charge is 0.221 e. The number of hydrogen-bond donors (Lipinski definition) is 2. The maximum absolute atomic E-state index is 13.7. The zero-order valence-electron chi connectivity index (χ0n) is 12.2. The molecule has 2 N–H and O–H groups in total. The quantitative estimate of drug-likeness (QED) is 0.757. The first-order valence-corrected chi connectivity index (χ1v) is 8.11. The summed E-state index contributed by atoms with van der Waals surface area (Å²) in [4.78, 5) is 12.3. The van der Waals surface area contributed by atoms with Crippen LogP contribution in [0, 0.1) is 5.82 Å². The van der Waals surface area contributed by atoms with Crippen molar-refractivity contribution in [3.05, 3.63) is 29.6 Å². The molecule has 0 bridgehead atoms. The molecule has 1 aromatic rings. The lowest BCUT2D eigenvalue weighted by molar-refractivity contribution is -0.121. The number of carbonyl (C=O) groups excluding carboxylic acids is 1. The molecule has 0 fully saturated rings. The van der Waals surface area contributed by atoms with Gasteiger partial charge >= 0.3 is 0 Å². The fraction of sp³-hybridized carbons (Fsp3) is 0.533. The van der Waals surface area contributed by atoms with Crippen molar-refractivity contribution in [1.29, 1.82) is 0 Å². The number of hydrogen-bond acceptors (Lipinski definition) is 4. The lowest BCUT2D eigenvalue weighted by atomic mass is 10.0. The summed E-state index contributed by atoms with van der Waals surface area (Å²) in [6.07, 6.45) is 1.37. The van der Waals surface area contributed by atoms with E-state index in [0.717, 1.165) is 22.6 Å². The molecular weight excluding hydrogens is 291 g/mol. The number of carbonyl (C=O) groups is 1. The fourth-order valence-electron chi connectivity index (χ4n) is 2.34. The zero-order chi connectivity index (χ0) is 15.1. The molecule has 1 unspecified atom stereocenters. The standard InChI is InChI=1S/C15H21FN2O2S/c1-20-9-8-18-14(19)5-7-17-13-6-10-21-15-11(13)3-2-4-12(15)16/h2-4,13,17H,5-10H2,1H3,(H,18,19). The average Bonchev–Trinajstić information content (AvgIpc) is 2.48. The van der Waals surface area contributed by atoms with Crippen molar-refractivity contribution in [1.82, 2.24) is 10.6 Å². The lowest BCUT2D eigenvalue weighted by Crippen LogP contribution is -2.32. The molecule has 4 nitrogen and oxygen atoms in total.